The highest BCUT2D eigenvalue weighted by Crippen LogP contribution is 2.17. The third-order valence-corrected chi connectivity index (χ3v) is 3.87. The molecule has 4 heteroatoms. The largest absolute Gasteiger partial charge is 0.387 e. The van der Waals surface area contributed by atoms with E-state index in [4.69, 9.17) is 0 Å². The molecule has 0 aliphatic carbocycles. The highest BCUT2D eigenvalue weighted by atomic mass is 79.9. The molecule has 2 atom stereocenters. The van der Waals surface area contributed by atoms with Gasteiger partial charge in [0.05, 0.1) is 6.10 Å². The van der Waals surface area contributed by atoms with E-state index in [1.807, 2.05) is 36.0 Å². The van der Waals surface area contributed by atoms with Crippen molar-refractivity contribution in [1.29, 1.82) is 0 Å². The topological polar surface area (TPSA) is 32.3 Å². The number of thioether (sulfide) groups is 1. The second kappa shape index (κ2) is 7.33. The van der Waals surface area contributed by atoms with E-state index < -0.39 is 6.10 Å². The first-order valence-corrected chi connectivity index (χ1v) is 7.38. The summed E-state index contributed by atoms with van der Waals surface area (Å²) in [5, 5.41) is 13.8. The molecule has 0 aliphatic heterocycles. The fraction of sp³-hybridized carbons (Fsp3) is 0.500. The third-order valence-electron chi connectivity index (χ3n) is 2.41. The molecule has 0 radical (unpaired) electrons. The molecule has 0 aromatic heterocycles. The quantitative estimate of drug-likeness (QED) is 0.847. The fourth-order valence-electron chi connectivity index (χ4n) is 1.34. The molecule has 90 valence electrons. The zero-order valence-electron chi connectivity index (χ0n) is 9.61. The molecule has 0 saturated heterocycles. The Morgan fingerprint density at radius 3 is 2.81 bits per heavy atom. The Labute approximate surface area is 110 Å². The van der Waals surface area contributed by atoms with Crippen LogP contribution in [0.15, 0.2) is 28.7 Å². The van der Waals surface area contributed by atoms with E-state index in [0.29, 0.717) is 11.8 Å². The summed E-state index contributed by atoms with van der Waals surface area (Å²) < 4.78 is 1.00. The molecule has 0 aliphatic rings. The standard InChI is InChI=1S/C12H18BrNOS/c1-9(16-2)7-14-8-12(15)10-4-3-5-11(13)6-10/h3-6,9,12,14-15H,7-8H2,1-2H3. The maximum atomic E-state index is 9.94. The number of rotatable bonds is 6. The van der Waals surface area contributed by atoms with E-state index >= 15 is 0 Å². The van der Waals surface area contributed by atoms with Crippen molar-refractivity contribution in [2.45, 2.75) is 18.3 Å². The van der Waals surface area contributed by atoms with Gasteiger partial charge in [0.15, 0.2) is 0 Å². The van der Waals surface area contributed by atoms with Crippen molar-refractivity contribution in [3.05, 3.63) is 34.3 Å². The first kappa shape index (κ1) is 14.0. The number of halogens is 1. The van der Waals surface area contributed by atoms with Crippen molar-refractivity contribution in [3.63, 3.8) is 0 Å². The number of nitrogens with one attached hydrogen (secondary N) is 1. The van der Waals surface area contributed by atoms with Gasteiger partial charge < -0.3 is 10.4 Å². The van der Waals surface area contributed by atoms with E-state index in [1.165, 1.54) is 0 Å². The van der Waals surface area contributed by atoms with E-state index in [9.17, 15) is 5.11 Å². The van der Waals surface area contributed by atoms with Crippen LogP contribution >= 0.6 is 27.7 Å². The van der Waals surface area contributed by atoms with Crippen LogP contribution in [0, 0.1) is 0 Å². The van der Waals surface area contributed by atoms with Crippen molar-refractivity contribution in [1.82, 2.24) is 5.32 Å². The number of hydrogen-bond acceptors (Lipinski definition) is 3. The Balaban J connectivity index is 2.38. The summed E-state index contributed by atoms with van der Waals surface area (Å²) in [5.41, 5.74) is 0.943. The second-order valence-corrected chi connectivity index (χ2v) is 5.97. The first-order valence-electron chi connectivity index (χ1n) is 5.30. The van der Waals surface area contributed by atoms with Gasteiger partial charge in [0.2, 0.25) is 0 Å². The third kappa shape index (κ3) is 4.87. The average molecular weight is 304 g/mol. The van der Waals surface area contributed by atoms with Crippen LogP contribution in [0.3, 0.4) is 0 Å². The Kier molecular flexibility index (Phi) is 6.43. The Morgan fingerprint density at radius 1 is 1.44 bits per heavy atom. The summed E-state index contributed by atoms with van der Waals surface area (Å²) in [6.45, 7) is 3.69. The van der Waals surface area contributed by atoms with Gasteiger partial charge in [-0.15, -0.1) is 0 Å². The fourth-order valence-corrected chi connectivity index (χ4v) is 2.04. The summed E-state index contributed by atoms with van der Waals surface area (Å²) in [7, 11) is 0. The molecule has 0 heterocycles. The van der Waals surface area contributed by atoms with Crippen LogP contribution in [0.2, 0.25) is 0 Å². The minimum Gasteiger partial charge on any atom is -0.387 e. The number of aliphatic hydroxyl groups excluding tert-OH is 1. The van der Waals surface area contributed by atoms with Gasteiger partial charge in [-0.2, -0.15) is 11.8 Å². The van der Waals surface area contributed by atoms with Crippen molar-refractivity contribution < 1.29 is 5.11 Å². The number of hydrogen-bond donors (Lipinski definition) is 2. The van der Waals surface area contributed by atoms with Crippen LogP contribution in [-0.4, -0.2) is 29.7 Å². The number of benzene rings is 1. The molecular formula is C12H18BrNOS. The zero-order valence-corrected chi connectivity index (χ0v) is 12.0. The van der Waals surface area contributed by atoms with Crippen molar-refractivity contribution in [2.24, 2.45) is 0 Å². The van der Waals surface area contributed by atoms with Gasteiger partial charge >= 0.3 is 0 Å². The molecule has 0 bridgehead atoms. The van der Waals surface area contributed by atoms with Crippen LogP contribution < -0.4 is 5.32 Å². The Bertz CT molecular complexity index is 322. The van der Waals surface area contributed by atoms with Crippen molar-refractivity contribution in [3.8, 4) is 0 Å². The maximum absolute atomic E-state index is 9.94. The molecular weight excluding hydrogens is 286 g/mol. The minimum absolute atomic E-state index is 0.438. The van der Waals surface area contributed by atoms with Crippen molar-refractivity contribution in [2.75, 3.05) is 19.3 Å². The Morgan fingerprint density at radius 2 is 2.19 bits per heavy atom. The number of aliphatic hydroxyl groups is 1. The summed E-state index contributed by atoms with van der Waals surface area (Å²) in [4.78, 5) is 0. The van der Waals surface area contributed by atoms with Crippen molar-refractivity contribution >= 4 is 27.7 Å². The van der Waals surface area contributed by atoms with Gasteiger partial charge in [0, 0.05) is 22.8 Å². The van der Waals surface area contributed by atoms with E-state index in [-0.39, 0.29) is 0 Å². The van der Waals surface area contributed by atoms with E-state index in [1.54, 1.807) is 0 Å². The highest BCUT2D eigenvalue weighted by molar-refractivity contribution is 9.10. The lowest BCUT2D eigenvalue weighted by Gasteiger charge is -2.14. The molecule has 2 N–H and O–H groups in total. The lowest BCUT2D eigenvalue weighted by molar-refractivity contribution is 0.175. The molecule has 2 nitrogen and oxygen atoms in total. The predicted octanol–water partition coefficient (Wildman–Crippen LogP) is 2.82. The van der Waals surface area contributed by atoms with Gasteiger partial charge in [-0.1, -0.05) is 35.0 Å². The van der Waals surface area contributed by atoms with Crippen LogP contribution in [0.25, 0.3) is 0 Å². The molecule has 0 fully saturated rings. The first-order chi connectivity index (χ1) is 7.63. The summed E-state index contributed by atoms with van der Waals surface area (Å²) in [6.07, 6.45) is 1.66. The SMILES string of the molecule is CSC(C)CNCC(O)c1cccc(Br)c1. The second-order valence-electron chi connectivity index (χ2n) is 3.78. The maximum Gasteiger partial charge on any atom is 0.0914 e. The lowest BCUT2D eigenvalue weighted by Crippen LogP contribution is -2.27. The summed E-state index contributed by atoms with van der Waals surface area (Å²) in [5.74, 6) is 0. The molecule has 0 amide bonds. The van der Waals surface area contributed by atoms with Gasteiger partial charge in [0.25, 0.3) is 0 Å². The van der Waals surface area contributed by atoms with Gasteiger partial charge in [0.1, 0.15) is 0 Å². The van der Waals surface area contributed by atoms with Crippen LogP contribution in [0.5, 0.6) is 0 Å². The van der Waals surface area contributed by atoms with E-state index in [0.717, 1.165) is 16.6 Å². The molecule has 1 aromatic carbocycles. The smallest absolute Gasteiger partial charge is 0.0914 e. The summed E-state index contributed by atoms with van der Waals surface area (Å²) >= 11 is 5.22. The van der Waals surface area contributed by atoms with Crippen LogP contribution in [0.4, 0.5) is 0 Å². The minimum atomic E-state index is -0.438. The molecule has 0 saturated carbocycles. The highest BCUT2D eigenvalue weighted by Gasteiger charge is 2.07. The van der Waals surface area contributed by atoms with Crippen LogP contribution in [-0.2, 0) is 0 Å². The zero-order chi connectivity index (χ0) is 12.0. The van der Waals surface area contributed by atoms with Gasteiger partial charge in [-0.3, -0.25) is 0 Å². The van der Waals surface area contributed by atoms with E-state index in [2.05, 4.69) is 34.4 Å². The summed E-state index contributed by atoms with van der Waals surface area (Å²) in [6, 6.07) is 7.78. The monoisotopic (exact) mass is 303 g/mol. The molecule has 0 spiro atoms. The molecule has 1 rings (SSSR count). The van der Waals surface area contributed by atoms with Crippen LogP contribution in [0.1, 0.15) is 18.6 Å². The molecule has 16 heavy (non-hydrogen) atoms. The predicted molar refractivity (Wildman–Crippen MR) is 74.9 cm³/mol. The average Bonchev–Trinajstić information content (AvgIpc) is 2.28. The van der Waals surface area contributed by atoms with Gasteiger partial charge in [-0.25, -0.2) is 0 Å². The lowest BCUT2D eigenvalue weighted by atomic mass is 10.1. The molecule has 2 unspecified atom stereocenters. The van der Waals surface area contributed by atoms with Gasteiger partial charge in [-0.05, 0) is 24.0 Å². The molecule has 1 aromatic rings. The normalized spacial score (nSPS) is 14.8. The Hall–Kier alpha value is -0.0300.